The molecule has 2 aromatic heterocycles. The lowest BCUT2D eigenvalue weighted by atomic mass is 10.3. The number of anilines is 2. The quantitative estimate of drug-likeness (QED) is 0.815. The Hall–Kier alpha value is -2.39. The van der Waals surface area contributed by atoms with Crippen LogP contribution in [0.15, 0.2) is 35.5 Å². The summed E-state index contributed by atoms with van der Waals surface area (Å²) in [6.07, 6.45) is 7.09. The Balaban J connectivity index is 1.43. The second-order valence-electron chi connectivity index (χ2n) is 6.91. The summed E-state index contributed by atoms with van der Waals surface area (Å²) in [6, 6.07) is 5.08. The molecule has 0 bridgehead atoms. The molecule has 2 aliphatic rings. The van der Waals surface area contributed by atoms with Crippen LogP contribution in [0.5, 0.6) is 0 Å². The van der Waals surface area contributed by atoms with E-state index in [1.54, 1.807) is 6.20 Å². The number of hydrogen-bond donors (Lipinski definition) is 2. The van der Waals surface area contributed by atoms with Crippen LogP contribution in [0.25, 0.3) is 0 Å². The minimum absolute atomic E-state index is 0.122. The molecular weight excluding hydrogens is 366 g/mol. The summed E-state index contributed by atoms with van der Waals surface area (Å²) in [6.45, 7) is 3.08. The van der Waals surface area contributed by atoms with Crippen LogP contribution in [0.1, 0.15) is 36.2 Å². The molecule has 0 saturated carbocycles. The average Bonchev–Trinajstić information content (AvgIpc) is 3.45. The lowest BCUT2D eigenvalue weighted by Crippen LogP contribution is -2.27. The van der Waals surface area contributed by atoms with Gasteiger partial charge in [-0.3, -0.25) is 4.79 Å². The Morgan fingerprint density at radius 2 is 1.78 bits per heavy atom. The molecule has 4 heterocycles. The van der Waals surface area contributed by atoms with Crippen molar-refractivity contribution >= 4 is 27.4 Å². The monoisotopic (exact) mass is 389 g/mol. The Bertz CT molecular complexity index is 911. The van der Waals surface area contributed by atoms with Crippen LogP contribution >= 0.6 is 0 Å². The van der Waals surface area contributed by atoms with Gasteiger partial charge >= 0.3 is 0 Å². The van der Waals surface area contributed by atoms with Gasteiger partial charge in [0.25, 0.3) is 5.91 Å². The number of carbonyl (C=O) groups excluding carboxylic acids is 1. The molecule has 1 amide bonds. The van der Waals surface area contributed by atoms with Gasteiger partial charge in [0, 0.05) is 32.4 Å². The van der Waals surface area contributed by atoms with Crippen molar-refractivity contribution in [1.82, 2.24) is 14.3 Å². The van der Waals surface area contributed by atoms with Crippen molar-refractivity contribution in [3.8, 4) is 0 Å². The maximum atomic E-state index is 12.6. The van der Waals surface area contributed by atoms with Crippen LogP contribution in [0.2, 0.25) is 0 Å². The van der Waals surface area contributed by atoms with E-state index in [1.165, 1.54) is 29.4 Å². The molecule has 2 aromatic rings. The fourth-order valence-electron chi connectivity index (χ4n) is 3.52. The molecule has 0 atom stereocenters. The molecule has 144 valence electrons. The number of pyridine rings is 1. The van der Waals surface area contributed by atoms with Gasteiger partial charge in [0.05, 0.1) is 11.9 Å². The number of carbonyl (C=O) groups is 1. The van der Waals surface area contributed by atoms with Crippen LogP contribution in [-0.2, 0) is 10.0 Å². The van der Waals surface area contributed by atoms with Crippen molar-refractivity contribution in [3.05, 3.63) is 36.3 Å². The normalized spacial score (nSPS) is 18.1. The number of nitrogens with zero attached hydrogens (tertiary/aromatic N) is 3. The number of amides is 1. The third kappa shape index (κ3) is 3.70. The highest BCUT2D eigenvalue weighted by atomic mass is 32.2. The minimum atomic E-state index is -3.54. The molecule has 8 nitrogen and oxygen atoms in total. The van der Waals surface area contributed by atoms with Crippen LogP contribution in [0.3, 0.4) is 0 Å². The molecule has 2 aliphatic heterocycles. The van der Waals surface area contributed by atoms with E-state index in [-0.39, 0.29) is 10.6 Å². The van der Waals surface area contributed by atoms with E-state index in [1.807, 2.05) is 12.1 Å². The van der Waals surface area contributed by atoms with E-state index in [4.69, 9.17) is 0 Å². The van der Waals surface area contributed by atoms with Gasteiger partial charge in [-0.15, -0.1) is 0 Å². The predicted octanol–water partition coefficient (Wildman–Crippen LogP) is 2.05. The van der Waals surface area contributed by atoms with E-state index >= 15 is 0 Å². The van der Waals surface area contributed by atoms with E-state index < -0.39 is 15.9 Å². The second-order valence-corrected chi connectivity index (χ2v) is 8.85. The summed E-state index contributed by atoms with van der Waals surface area (Å²) in [5.74, 6) is 0.512. The third-order valence-electron chi connectivity index (χ3n) is 5.04. The lowest BCUT2D eigenvalue weighted by molar-refractivity contribution is 0.102. The summed E-state index contributed by atoms with van der Waals surface area (Å²) in [7, 11) is -3.54. The standard InChI is InChI=1S/C18H23N5O3S/c24-18(21-14-5-6-17(20-12-14)22-7-1-2-8-22)16-11-15(13-19-16)27(25,26)23-9-3-4-10-23/h5-6,11-13,19H,1-4,7-10H2,(H,21,24). The molecule has 4 rings (SSSR count). The van der Waals surface area contributed by atoms with Gasteiger partial charge in [-0.05, 0) is 43.9 Å². The Morgan fingerprint density at radius 3 is 2.44 bits per heavy atom. The number of hydrogen-bond acceptors (Lipinski definition) is 5. The number of rotatable bonds is 5. The molecule has 2 fully saturated rings. The average molecular weight is 389 g/mol. The molecule has 2 N–H and O–H groups in total. The van der Waals surface area contributed by atoms with Crippen molar-refractivity contribution in [3.63, 3.8) is 0 Å². The number of nitrogens with one attached hydrogen (secondary N) is 2. The first-order valence-electron chi connectivity index (χ1n) is 9.25. The van der Waals surface area contributed by atoms with Crippen molar-refractivity contribution in [2.24, 2.45) is 0 Å². The van der Waals surface area contributed by atoms with Crippen molar-refractivity contribution in [2.75, 3.05) is 36.4 Å². The molecule has 2 saturated heterocycles. The zero-order valence-electron chi connectivity index (χ0n) is 15.0. The summed E-state index contributed by atoms with van der Waals surface area (Å²) in [5.41, 5.74) is 0.776. The zero-order chi connectivity index (χ0) is 18.9. The molecule has 0 aromatic carbocycles. The van der Waals surface area contributed by atoms with Gasteiger partial charge < -0.3 is 15.2 Å². The van der Waals surface area contributed by atoms with Crippen LogP contribution < -0.4 is 10.2 Å². The molecule has 0 unspecified atom stereocenters. The number of aromatic amines is 1. The molecule has 0 aliphatic carbocycles. The van der Waals surface area contributed by atoms with Crippen molar-refractivity contribution < 1.29 is 13.2 Å². The van der Waals surface area contributed by atoms with Crippen LogP contribution in [-0.4, -0.2) is 54.8 Å². The summed E-state index contributed by atoms with van der Waals surface area (Å²) in [5, 5.41) is 2.75. The number of sulfonamides is 1. The SMILES string of the molecule is O=C(Nc1ccc(N2CCCC2)nc1)c1cc(S(=O)(=O)N2CCCC2)c[nH]1. The van der Waals surface area contributed by atoms with E-state index in [0.29, 0.717) is 18.8 Å². The largest absolute Gasteiger partial charge is 0.357 e. The molecule has 0 spiro atoms. The van der Waals surface area contributed by atoms with Crippen molar-refractivity contribution in [1.29, 1.82) is 0 Å². The van der Waals surface area contributed by atoms with Crippen LogP contribution in [0, 0.1) is 0 Å². The Labute approximate surface area is 158 Å². The third-order valence-corrected chi connectivity index (χ3v) is 6.92. The topological polar surface area (TPSA) is 98.4 Å². The number of aromatic nitrogens is 2. The molecular formula is C18H23N5O3S. The highest BCUT2D eigenvalue weighted by molar-refractivity contribution is 7.89. The molecule has 9 heteroatoms. The fourth-order valence-corrected chi connectivity index (χ4v) is 5.04. The Morgan fingerprint density at radius 1 is 1.07 bits per heavy atom. The fraction of sp³-hybridized carbons (Fsp3) is 0.444. The highest BCUT2D eigenvalue weighted by Gasteiger charge is 2.28. The first-order valence-corrected chi connectivity index (χ1v) is 10.7. The van der Waals surface area contributed by atoms with Crippen LogP contribution in [0.4, 0.5) is 11.5 Å². The number of H-pyrrole nitrogens is 1. The van der Waals surface area contributed by atoms with Gasteiger partial charge in [-0.2, -0.15) is 4.31 Å². The predicted molar refractivity (Wildman–Crippen MR) is 102 cm³/mol. The molecule has 0 radical (unpaired) electrons. The van der Waals surface area contributed by atoms with Crippen molar-refractivity contribution in [2.45, 2.75) is 30.6 Å². The van der Waals surface area contributed by atoms with Gasteiger partial charge in [0.15, 0.2) is 0 Å². The Kier molecular flexibility index (Phi) is 4.88. The zero-order valence-corrected chi connectivity index (χ0v) is 15.8. The maximum absolute atomic E-state index is 12.6. The lowest BCUT2D eigenvalue weighted by Gasteiger charge is -2.16. The van der Waals surface area contributed by atoms with Gasteiger partial charge in [0.1, 0.15) is 16.4 Å². The minimum Gasteiger partial charge on any atom is -0.357 e. The van der Waals surface area contributed by atoms with Gasteiger partial charge in [0.2, 0.25) is 10.0 Å². The van der Waals surface area contributed by atoms with E-state index in [2.05, 4.69) is 20.2 Å². The highest BCUT2D eigenvalue weighted by Crippen LogP contribution is 2.22. The summed E-state index contributed by atoms with van der Waals surface area (Å²) in [4.78, 5) is 21.9. The van der Waals surface area contributed by atoms with E-state index in [9.17, 15) is 13.2 Å². The summed E-state index contributed by atoms with van der Waals surface area (Å²) >= 11 is 0. The molecule has 27 heavy (non-hydrogen) atoms. The summed E-state index contributed by atoms with van der Waals surface area (Å²) < 4.78 is 26.6. The maximum Gasteiger partial charge on any atom is 0.272 e. The van der Waals surface area contributed by atoms with Gasteiger partial charge in [-0.1, -0.05) is 0 Å². The van der Waals surface area contributed by atoms with Gasteiger partial charge in [-0.25, -0.2) is 13.4 Å². The first kappa shape index (κ1) is 18.0. The first-order chi connectivity index (χ1) is 13.0. The smallest absolute Gasteiger partial charge is 0.272 e. The second kappa shape index (κ2) is 7.32. The van der Waals surface area contributed by atoms with E-state index in [0.717, 1.165) is 31.7 Å².